The number of furan rings is 1. The molecule has 0 aromatic carbocycles. The van der Waals surface area contributed by atoms with Crippen LogP contribution in [0.5, 0.6) is 0 Å². The van der Waals surface area contributed by atoms with Crippen LogP contribution in [0.3, 0.4) is 0 Å². The second-order valence-electron chi connectivity index (χ2n) is 5.25. The lowest BCUT2D eigenvalue weighted by molar-refractivity contribution is -0.138. The van der Waals surface area contributed by atoms with E-state index in [1.807, 2.05) is 24.5 Å². The number of nitriles is 2. The van der Waals surface area contributed by atoms with E-state index in [2.05, 4.69) is 11.4 Å². The smallest absolute Gasteiger partial charge is 0.350 e. The first-order valence-electron chi connectivity index (χ1n) is 7.69. The standard InChI is InChI=1S/C18H18N4O3/c1-4-24-18(23)14(8-19)10-21-17-16(9-20)12(2)13(3)22(17)11-15-6-5-7-25-15/h5-7,10,21H,4,11H2,1-3H3/b14-10+. The van der Waals surface area contributed by atoms with Gasteiger partial charge in [-0.2, -0.15) is 10.5 Å². The zero-order chi connectivity index (χ0) is 18.4. The van der Waals surface area contributed by atoms with E-state index in [4.69, 9.17) is 14.4 Å². The number of nitrogens with one attached hydrogen (secondary N) is 1. The third-order valence-corrected chi connectivity index (χ3v) is 3.80. The monoisotopic (exact) mass is 338 g/mol. The van der Waals surface area contributed by atoms with E-state index in [0.717, 1.165) is 17.0 Å². The van der Waals surface area contributed by atoms with Gasteiger partial charge < -0.3 is 19.0 Å². The predicted octanol–water partition coefficient (Wildman–Crippen LogP) is 3.00. The van der Waals surface area contributed by atoms with Crippen LogP contribution in [0.4, 0.5) is 5.82 Å². The van der Waals surface area contributed by atoms with Gasteiger partial charge in [0.05, 0.1) is 25.0 Å². The van der Waals surface area contributed by atoms with E-state index in [0.29, 0.717) is 17.9 Å². The van der Waals surface area contributed by atoms with Crippen molar-refractivity contribution in [2.24, 2.45) is 0 Å². The van der Waals surface area contributed by atoms with Crippen LogP contribution in [0.1, 0.15) is 29.5 Å². The molecule has 7 heteroatoms. The second kappa shape index (κ2) is 7.89. The van der Waals surface area contributed by atoms with E-state index in [-0.39, 0.29) is 12.2 Å². The molecule has 2 aromatic rings. The third kappa shape index (κ3) is 3.73. The average molecular weight is 338 g/mol. The summed E-state index contributed by atoms with van der Waals surface area (Å²) < 4.78 is 12.1. The molecule has 0 spiro atoms. The highest BCUT2D eigenvalue weighted by Gasteiger charge is 2.19. The molecule has 0 aliphatic heterocycles. The molecule has 0 unspecified atom stereocenters. The molecular formula is C18H18N4O3. The molecule has 7 nitrogen and oxygen atoms in total. The number of hydrogen-bond donors (Lipinski definition) is 1. The highest BCUT2D eigenvalue weighted by Crippen LogP contribution is 2.27. The van der Waals surface area contributed by atoms with Crippen LogP contribution in [0.2, 0.25) is 0 Å². The molecule has 0 amide bonds. The van der Waals surface area contributed by atoms with Gasteiger partial charge in [-0.25, -0.2) is 4.79 Å². The molecule has 0 radical (unpaired) electrons. The molecular weight excluding hydrogens is 320 g/mol. The van der Waals surface area contributed by atoms with Crippen molar-refractivity contribution < 1.29 is 13.9 Å². The summed E-state index contributed by atoms with van der Waals surface area (Å²) >= 11 is 0. The van der Waals surface area contributed by atoms with Gasteiger partial charge in [0.25, 0.3) is 0 Å². The number of ether oxygens (including phenoxy) is 1. The van der Waals surface area contributed by atoms with Crippen LogP contribution in [-0.4, -0.2) is 17.1 Å². The quantitative estimate of drug-likeness (QED) is 0.493. The normalized spacial score (nSPS) is 10.8. The fraction of sp³-hybridized carbons (Fsp3) is 0.278. The Morgan fingerprint density at radius 1 is 1.44 bits per heavy atom. The molecule has 0 saturated heterocycles. The van der Waals surface area contributed by atoms with Crippen LogP contribution < -0.4 is 5.32 Å². The maximum absolute atomic E-state index is 11.7. The van der Waals surface area contributed by atoms with E-state index in [1.54, 1.807) is 25.3 Å². The Labute approximate surface area is 145 Å². The van der Waals surface area contributed by atoms with E-state index in [1.165, 1.54) is 6.20 Å². The summed E-state index contributed by atoms with van der Waals surface area (Å²) in [6, 6.07) is 7.57. The van der Waals surface area contributed by atoms with Gasteiger partial charge >= 0.3 is 5.97 Å². The highest BCUT2D eigenvalue weighted by molar-refractivity contribution is 5.93. The number of nitrogens with zero attached hydrogens (tertiary/aromatic N) is 3. The van der Waals surface area contributed by atoms with Crippen LogP contribution in [-0.2, 0) is 16.1 Å². The molecule has 0 fully saturated rings. The Bertz CT molecular complexity index is 877. The summed E-state index contributed by atoms with van der Waals surface area (Å²) in [5, 5.41) is 21.5. The van der Waals surface area contributed by atoms with E-state index >= 15 is 0 Å². The fourth-order valence-electron chi connectivity index (χ4n) is 2.39. The average Bonchev–Trinajstić information content (AvgIpc) is 3.18. The fourth-order valence-corrected chi connectivity index (χ4v) is 2.39. The summed E-state index contributed by atoms with van der Waals surface area (Å²) in [7, 11) is 0. The van der Waals surface area contributed by atoms with Crippen LogP contribution in [0.15, 0.2) is 34.6 Å². The molecule has 0 saturated carbocycles. The number of carbonyl (C=O) groups is 1. The number of carbonyl (C=O) groups excluding carboxylic acids is 1. The van der Waals surface area contributed by atoms with Crippen LogP contribution in [0.25, 0.3) is 0 Å². The summed E-state index contributed by atoms with van der Waals surface area (Å²) in [4.78, 5) is 11.7. The van der Waals surface area contributed by atoms with Gasteiger partial charge in [0.2, 0.25) is 0 Å². The van der Waals surface area contributed by atoms with Gasteiger partial charge in [-0.3, -0.25) is 0 Å². The summed E-state index contributed by atoms with van der Waals surface area (Å²) in [5.74, 6) is 0.500. The summed E-state index contributed by atoms with van der Waals surface area (Å²) in [6.07, 6.45) is 2.83. The Hall–Kier alpha value is -3.45. The van der Waals surface area contributed by atoms with Crippen molar-refractivity contribution in [3.8, 4) is 12.1 Å². The number of anilines is 1. The van der Waals surface area contributed by atoms with Gasteiger partial charge in [0.15, 0.2) is 5.57 Å². The molecule has 2 aromatic heterocycles. The Morgan fingerprint density at radius 3 is 2.76 bits per heavy atom. The molecule has 128 valence electrons. The Balaban J connectivity index is 2.42. The molecule has 0 aliphatic rings. The van der Waals surface area contributed by atoms with Gasteiger partial charge in [-0.1, -0.05) is 0 Å². The van der Waals surface area contributed by atoms with Crippen molar-refractivity contribution in [1.82, 2.24) is 4.57 Å². The van der Waals surface area contributed by atoms with Crippen LogP contribution >= 0.6 is 0 Å². The van der Waals surface area contributed by atoms with E-state index in [9.17, 15) is 10.1 Å². The minimum Gasteiger partial charge on any atom is -0.467 e. The first-order valence-corrected chi connectivity index (χ1v) is 7.69. The summed E-state index contributed by atoms with van der Waals surface area (Å²) in [5.41, 5.74) is 1.98. The lowest BCUT2D eigenvalue weighted by Gasteiger charge is -2.10. The molecule has 0 bridgehead atoms. The minimum atomic E-state index is -0.714. The molecule has 2 heterocycles. The van der Waals surface area contributed by atoms with Gasteiger partial charge in [0.1, 0.15) is 23.7 Å². The topological polar surface area (TPSA) is 104 Å². The van der Waals surface area contributed by atoms with Gasteiger partial charge in [-0.05, 0) is 38.5 Å². The van der Waals surface area contributed by atoms with Gasteiger partial charge in [-0.15, -0.1) is 0 Å². The molecule has 0 aliphatic carbocycles. The molecule has 0 atom stereocenters. The summed E-state index contributed by atoms with van der Waals surface area (Å²) in [6.45, 7) is 5.99. The zero-order valence-corrected chi connectivity index (χ0v) is 14.3. The number of rotatable bonds is 6. The third-order valence-electron chi connectivity index (χ3n) is 3.80. The van der Waals surface area contributed by atoms with E-state index < -0.39 is 5.97 Å². The number of aromatic nitrogens is 1. The van der Waals surface area contributed by atoms with Crippen molar-refractivity contribution >= 4 is 11.8 Å². The molecule has 1 N–H and O–H groups in total. The van der Waals surface area contributed by atoms with Crippen molar-refractivity contribution in [2.45, 2.75) is 27.3 Å². The van der Waals surface area contributed by atoms with Crippen molar-refractivity contribution in [3.05, 3.63) is 52.8 Å². The SMILES string of the molecule is CCOC(=O)/C(C#N)=C/Nc1c(C#N)c(C)c(C)n1Cc1ccco1. The lowest BCUT2D eigenvalue weighted by Crippen LogP contribution is -2.10. The molecule has 25 heavy (non-hydrogen) atoms. The largest absolute Gasteiger partial charge is 0.467 e. The number of esters is 1. The predicted molar refractivity (Wildman–Crippen MR) is 90.4 cm³/mol. The maximum atomic E-state index is 11.7. The highest BCUT2D eigenvalue weighted by atomic mass is 16.5. The first kappa shape index (κ1) is 17.9. The second-order valence-corrected chi connectivity index (χ2v) is 5.25. The maximum Gasteiger partial charge on any atom is 0.350 e. The van der Waals surface area contributed by atoms with Crippen molar-refractivity contribution in [1.29, 1.82) is 10.5 Å². The van der Waals surface area contributed by atoms with Crippen molar-refractivity contribution in [2.75, 3.05) is 11.9 Å². The van der Waals surface area contributed by atoms with Gasteiger partial charge in [0, 0.05) is 11.9 Å². The van der Waals surface area contributed by atoms with Crippen LogP contribution in [0, 0.1) is 36.5 Å². The minimum absolute atomic E-state index is 0.174. The van der Waals surface area contributed by atoms with Crippen molar-refractivity contribution in [3.63, 3.8) is 0 Å². The first-order chi connectivity index (χ1) is 12.0. The lowest BCUT2D eigenvalue weighted by atomic mass is 10.2. The number of hydrogen-bond acceptors (Lipinski definition) is 6. The Kier molecular flexibility index (Phi) is 5.65. The Morgan fingerprint density at radius 2 is 2.20 bits per heavy atom. The molecule has 2 rings (SSSR count). The zero-order valence-electron chi connectivity index (χ0n) is 14.3.